The average molecular weight is 305 g/mol. The Morgan fingerprint density at radius 3 is 2.67 bits per heavy atom. The normalized spacial score (nSPS) is 10.0. The topological polar surface area (TPSA) is 50.4 Å². The number of aryl methyl sites for hydroxylation is 1. The second-order valence-corrected chi connectivity index (χ2v) is 4.99. The van der Waals surface area contributed by atoms with E-state index in [4.69, 9.17) is 16.3 Å². The number of amides is 2. The summed E-state index contributed by atoms with van der Waals surface area (Å²) in [7, 11) is 0. The van der Waals surface area contributed by atoms with Crippen LogP contribution < -0.4 is 15.4 Å². The fourth-order valence-electron chi connectivity index (χ4n) is 1.71. The SMILES string of the molecule is Cc1ccc(OCCNC(=O)Nc2cccc(Cl)c2)cc1. The zero-order valence-electron chi connectivity index (χ0n) is 11.7. The van der Waals surface area contributed by atoms with Crippen LogP contribution in [0.4, 0.5) is 10.5 Å². The number of anilines is 1. The van der Waals surface area contributed by atoms with Gasteiger partial charge in [-0.15, -0.1) is 0 Å². The van der Waals surface area contributed by atoms with Crippen molar-refractivity contribution in [1.29, 1.82) is 0 Å². The van der Waals surface area contributed by atoms with Crippen LogP contribution >= 0.6 is 11.6 Å². The second-order valence-electron chi connectivity index (χ2n) is 4.55. The van der Waals surface area contributed by atoms with Crippen LogP contribution in [0.1, 0.15) is 5.56 Å². The van der Waals surface area contributed by atoms with Crippen LogP contribution in [0.25, 0.3) is 0 Å². The molecule has 0 saturated carbocycles. The molecule has 2 aromatic rings. The van der Waals surface area contributed by atoms with Crippen molar-refractivity contribution >= 4 is 23.3 Å². The Labute approximate surface area is 129 Å². The third kappa shape index (κ3) is 5.36. The third-order valence-corrected chi connectivity index (χ3v) is 2.99. The molecule has 0 spiro atoms. The van der Waals surface area contributed by atoms with E-state index < -0.39 is 0 Å². The molecule has 0 fully saturated rings. The van der Waals surface area contributed by atoms with Crippen LogP contribution in [-0.2, 0) is 0 Å². The summed E-state index contributed by atoms with van der Waals surface area (Å²) in [6.45, 7) is 2.85. The van der Waals surface area contributed by atoms with Gasteiger partial charge in [0.05, 0.1) is 6.54 Å². The van der Waals surface area contributed by atoms with Crippen molar-refractivity contribution in [2.24, 2.45) is 0 Å². The molecule has 0 aliphatic rings. The Bertz CT molecular complexity index is 599. The molecule has 21 heavy (non-hydrogen) atoms. The third-order valence-electron chi connectivity index (χ3n) is 2.76. The molecule has 2 amide bonds. The van der Waals surface area contributed by atoms with Gasteiger partial charge < -0.3 is 15.4 Å². The molecule has 0 saturated heterocycles. The average Bonchev–Trinajstić information content (AvgIpc) is 2.45. The Morgan fingerprint density at radius 1 is 1.19 bits per heavy atom. The maximum Gasteiger partial charge on any atom is 0.319 e. The van der Waals surface area contributed by atoms with Crippen LogP contribution in [0.2, 0.25) is 5.02 Å². The smallest absolute Gasteiger partial charge is 0.319 e. The zero-order chi connectivity index (χ0) is 15.1. The van der Waals surface area contributed by atoms with Crippen molar-refractivity contribution in [3.8, 4) is 5.75 Å². The first-order valence-electron chi connectivity index (χ1n) is 6.63. The largest absolute Gasteiger partial charge is 0.492 e. The lowest BCUT2D eigenvalue weighted by Gasteiger charge is -2.09. The van der Waals surface area contributed by atoms with Gasteiger partial charge in [0.2, 0.25) is 0 Å². The van der Waals surface area contributed by atoms with Crippen molar-refractivity contribution < 1.29 is 9.53 Å². The fraction of sp³-hybridized carbons (Fsp3) is 0.188. The van der Waals surface area contributed by atoms with Gasteiger partial charge in [-0.1, -0.05) is 35.4 Å². The standard InChI is InChI=1S/C16H17ClN2O2/c1-12-5-7-15(8-6-12)21-10-9-18-16(20)19-14-4-2-3-13(17)11-14/h2-8,11H,9-10H2,1H3,(H2,18,19,20). The van der Waals surface area contributed by atoms with E-state index in [1.807, 2.05) is 31.2 Å². The zero-order valence-corrected chi connectivity index (χ0v) is 12.5. The molecular weight excluding hydrogens is 288 g/mol. The Morgan fingerprint density at radius 2 is 1.95 bits per heavy atom. The number of nitrogens with one attached hydrogen (secondary N) is 2. The summed E-state index contributed by atoms with van der Waals surface area (Å²) in [5.41, 5.74) is 1.83. The maximum atomic E-state index is 11.7. The lowest BCUT2D eigenvalue weighted by Crippen LogP contribution is -2.32. The molecule has 2 rings (SSSR count). The molecule has 0 unspecified atom stereocenters. The van der Waals surface area contributed by atoms with E-state index in [0.717, 1.165) is 5.75 Å². The van der Waals surface area contributed by atoms with E-state index in [-0.39, 0.29) is 6.03 Å². The molecule has 4 nitrogen and oxygen atoms in total. The van der Waals surface area contributed by atoms with Crippen molar-refractivity contribution in [2.45, 2.75) is 6.92 Å². The summed E-state index contributed by atoms with van der Waals surface area (Å²) in [6, 6.07) is 14.5. The molecule has 0 aromatic heterocycles. The summed E-state index contributed by atoms with van der Waals surface area (Å²) >= 11 is 5.84. The summed E-state index contributed by atoms with van der Waals surface area (Å²) in [5.74, 6) is 0.789. The summed E-state index contributed by atoms with van der Waals surface area (Å²) in [4.78, 5) is 11.7. The van der Waals surface area contributed by atoms with Crippen molar-refractivity contribution in [1.82, 2.24) is 5.32 Å². The lowest BCUT2D eigenvalue weighted by molar-refractivity contribution is 0.247. The lowest BCUT2D eigenvalue weighted by atomic mass is 10.2. The number of halogens is 1. The predicted octanol–water partition coefficient (Wildman–Crippen LogP) is 3.85. The van der Waals surface area contributed by atoms with Crippen LogP contribution in [0.3, 0.4) is 0 Å². The molecule has 0 bridgehead atoms. The molecule has 0 heterocycles. The second kappa shape index (κ2) is 7.55. The number of benzene rings is 2. The van der Waals surface area contributed by atoms with E-state index in [9.17, 15) is 4.79 Å². The predicted molar refractivity (Wildman–Crippen MR) is 85.1 cm³/mol. The highest BCUT2D eigenvalue weighted by molar-refractivity contribution is 6.30. The molecule has 0 radical (unpaired) electrons. The van der Waals surface area contributed by atoms with Crippen LogP contribution in [0.5, 0.6) is 5.75 Å². The number of rotatable bonds is 5. The molecule has 0 aliphatic carbocycles. The number of carbonyl (C=O) groups excluding carboxylic acids is 1. The van der Waals surface area contributed by atoms with Crippen molar-refractivity contribution in [3.05, 3.63) is 59.1 Å². The molecule has 0 atom stereocenters. The van der Waals surface area contributed by atoms with E-state index in [0.29, 0.717) is 23.9 Å². The number of urea groups is 1. The van der Waals surface area contributed by atoms with Gasteiger partial charge in [0.15, 0.2) is 0 Å². The van der Waals surface area contributed by atoms with Gasteiger partial charge in [0, 0.05) is 10.7 Å². The van der Waals surface area contributed by atoms with Crippen LogP contribution in [0, 0.1) is 6.92 Å². The maximum absolute atomic E-state index is 11.7. The number of hydrogen-bond donors (Lipinski definition) is 2. The minimum Gasteiger partial charge on any atom is -0.492 e. The van der Waals surface area contributed by atoms with E-state index in [2.05, 4.69) is 10.6 Å². The highest BCUT2D eigenvalue weighted by atomic mass is 35.5. The van der Waals surface area contributed by atoms with Crippen molar-refractivity contribution in [2.75, 3.05) is 18.5 Å². The van der Waals surface area contributed by atoms with Gasteiger partial charge in [-0.25, -0.2) is 4.79 Å². The quantitative estimate of drug-likeness (QED) is 0.824. The molecule has 5 heteroatoms. The molecular formula is C16H17ClN2O2. The van der Waals surface area contributed by atoms with Gasteiger partial charge >= 0.3 is 6.03 Å². The number of ether oxygens (including phenoxy) is 1. The molecule has 0 aliphatic heterocycles. The highest BCUT2D eigenvalue weighted by Gasteiger charge is 2.01. The monoisotopic (exact) mass is 304 g/mol. The summed E-state index contributed by atoms with van der Waals surface area (Å²) in [5, 5.41) is 5.99. The van der Waals surface area contributed by atoms with Gasteiger partial charge in [0.1, 0.15) is 12.4 Å². The number of hydrogen-bond acceptors (Lipinski definition) is 2. The van der Waals surface area contributed by atoms with Gasteiger partial charge in [-0.05, 0) is 37.3 Å². The van der Waals surface area contributed by atoms with E-state index >= 15 is 0 Å². The van der Waals surface area contributed by atoms with Crippen LogP contribution in [0.15, 0.2) is 48.5 Å². The minimum atomic E-state index is -0.287. The Hall–Kier alpha value is -2.20. The first-order chi connectivity index (χ1) is 10.1. The van der Waals surface area contributed by atoms with Gasteiger partial charge in [0.25, 0.3) is 0 Å². The highest BCUT2D eigenvalue weighted by Crippen LogP contribution is 2.14. The molecule has 2 N–H and O–H groups in total. The Balaban J connectivity index is 1.68. The van der Waals surface area contributed by atoms with Gasteiger partial charge in [-0.2, -0.15) is 0 Å². The fourth-order valence-corrected chi connectivity index (χ4v) is 1.90. The Kier molecular flexibility index (Phi) is 5.46. The first kappa shape index (κ1) is 15.2. The van der Waals surface area contributed by atoms with E-state index in [1.54, 1.807) is 24.3 Å². The molecule has 110 valence electrons. The number of carbonyl (C=O) groups is 1. The van der Waals surface area contributed by atoms with Gasteiger partial charge in [-0.3, -0.25) is 0 Å². The van der Waals surface area contributed by atoms with Crippen molar-refractivity contribution in [3.63, 3.8) is 0 Å². The van der Waals surface area contributed by atoms with E-state index in [1.165, 1.54) is 5.56 Å². The minimum absolute atomic E-state index is 0.287. The summed E-state index contributed by atoms with van der Waals surface area (Å²) in [6.07, 6.45) is 0. The first-order valence-corrected chi connectivity index (χ1v) is 7.01. The van der Waals surface area contributed by atoms with Crippen LogP contribution in [-0.4, -0.2) is 19.2 Å². The summed E-state index contributed by atoms with van der Waals surface area (Å²) < 4.78 is 5.52. The molecule has 2 aromatic carbocycles.